The highest BCUT2D eigenvalue weighted by Gasteiger charge is 2.23. The number of cyclic esters (lactones) is 1. The van der Waals surface area contributed by atoms with Gasteiger partial charge in [-0.2, -0.15) is 0 Å². The molecule has 5 nitrogen and oxygen atoms in total. The van der Waals surface area contributed by atoms with Gasteiger partial charge in [0.15, 0.2) is 23.1 Å². The molecule has 2 aromatic rings. The summed E-state index contributed by atoms with van der Waals surface area (Å²) in [6.07, 6.45) is 3.46. The standard InChI is InChI=1S/C21H18FNO4/c22-16-4-1-3-14(11-16)6-8-20-23-17(21(24)27-20)12-15-5-7-18-19(13-15)26-10-2-9-25-18/h1,3-5,7,11-13H,2,6,8-10H2/b17-12+. The molecule has 0 bridgehead atoms. The van der Waals surface area contributed by atoms with Gasteiger partial charge in [0.2, 0.25) is 0 Å². The molecule has 0 spiro atoms. The maximum Gasteiger partial charge on any atom is 0.363 e. The van der Waals surface area contributed by atoms with Crippen LogP contribution in [0.1, 0.15) is 24.0 Å². The van der Waals surface area contributed by atoms with Crippen LogP contribution in [0.15, 0.2) is 53.2 Å². The van der Waals surface area contributed by atoms with Crippen molar-refractivity contribution < 1.29 is 23.4 Å². The van der Waals surface area contributed by atoms with Crippen molar-refractivity contribution in [2.75, 3.05) is 13.2 Å². The van der Waals surface area contributed by atoms with E-state index in [0.717, 1.165) is 17.5 Å². The SMILES string of the molecule is O=C1OC(CCc2cccc(F)c2)=N/C1=C/c1ccc2c(c1)OCCCO2. The molecule has 6 heteroatoms. The van der Waals surface area contributed by atoms with Gasteiger partial charge in [0.1, 0.15) is 5.82 Å². The van der Waals surface area contributed by atoms with Crippen LogP contribution < -0.4 is 9.47 Å². The third-order valence-electron chi connectivity index (χ3n) is 4.26. The molecule has 0 saturated carbocycles. The smallest absolute Gasteiger partial charge is 0.363 e. The summed E-state index contributed by atoms with van der Waals surface area (Å²) in [4.78, 5) is 16.3. The number of aryl methyl sites for hydroxylation is 1. The Labute approximate surface area is 156 Å². The number of carbonyl (C=O) groups is 1. The molecule has 0 N–H and O–H groups in total. The zero-order valence-corrected chi connectivity index (χ0v) is 14.6. The highest BCUT2D eigenvalue weighted by atomic mass is 19.1. The first kappa shape index (κ1) is 17.3. The number of esters is 1. The molecule has 0 radical (unpaired) electrons. The van der Waals surface area contributed by atoms with E-state index in [-0.39, 0.29) is 11.5 Å². The maximum absolute atomic E-state index is 13.2. The zero-order valence-electron chi connectivity index (χ0n) is 14.6. The summed E-state index contributed by atoms with van der Waals surface area (Å²) in [5.41, 5.74) is 1.84. The van der Waals surface area contributed by atoms with Crippen LogP contribution in [0.2, 0.25) is 0 Å². The summed E-state index contributed by atoms with van der Waals surface area (Å²) in [7, 11) is 0. The molecule has 0 fully saturated rings. The Morgan fingerprint density at radius 3 is 2.74 bits per heavy atom. The van der Waals surface area contributed by atoms with Crippen LogP contribution in [-0.4, -0.2) is 25.1 Å². The van der Waals surface area contributed by atoms with Crippen LogP contribution >= 0.6 is 0 Å². The van der Waals surface area contributed by atoms with E-state index in [1.165, 1.54) is 12.1 Å². The fourth-order valence-corrected chi connectivity index (χ4v) is 2.93. The topological polar surface area (TPSA) is 57.1 Å². The summed E-state index contributed by atoms with van der Waals surface area (Å²) < 4.78 is 29.7. The minimum Gasteiger partial charge on any atom is -0.490 e. The number of hydrogen-bond donors (Lipinski definition) is 0. The first-order valence-corrected chi connectivity index (χ1v) is 8.83. The number of hydrogen-bond acceptors (Lipinski definition) is 5. The summed E-state index contributed by atoms with van der Waals surface area (Å²) in [6, 6.07) is 11.8. The highest BCUT2D eigenvalue weighted by Crippen LogP contribution is 2.31. The van der Waals surface area contributed by atoms with Crippen LogP contribution in [0.3, 0.4) is 0 Å². The second-order valence-electron chi connectivity index (χ2n) is 6.31. The molecule has 2 aromatic carbocycles. The second kappa shape index (κ2) is 7.61. The van der Waals surface area contributed by atoms with Gasteiger partial charge < -0.3 is 14.2 Å². The van der Waals surface area contributed by atoms with Crippen LogP contribution in [-0.2, 0) is 16.0 Å². The monoisotopic (exact) mass is 367 g/mol. The molecule has 0 atom stereocenters. The Hall–Kier alpha value is -3.15. The largest absolute Gasteiger partial charge is 0.490 e. The fraction of sp³-hybridized carbons (Fsp3) is 0.238. The van der Waals surface area contributed by atoms with Gasteiger partial charge in [-0.3, -0.25) is 0 Å². The summed E-state index contributed by atoms with van der Waals surface area (Å²) in [6.45, 7) is 1.22. The number of halogens is 1. The molecule has 0 amide bonds. The van der Waals surface area contributed by atoms with E-state index < -0.39 is 5.97 Å². The van der Waals surface area contributed by atoms with Crippen molar-refractivity contribution in [1.29, 1.82) is 0 Å². The second-order valence-corrected chi connectivity index (χ2v) is 6.31. The van der Waals surface area contributed by atoms with Crippen molar-refractivity contribution in [3.05, 3.63) is 65.1 Å². The Balaban J connectivity index is 1.48. The van der Waals surface area contributed by atoms with E-state index in [2.05, 4.69) is 4.99 Å². The maximum atomic E-state index is 13.2. The van der Waals surface area contributed by atoms with Crippen molar-refractivity contribution in [3.8, 4) is 11.5 Å². The Morgan fingerprint density at radius 1 is 1.04 bits per heavy atom. The summed E-state index contributed by atoms with van der Waals surface area (Å²) in [5.74, 6) is 0.917. The van der Waals surface area contributed by atoms with Gasteiger partial charge >= 0.3 is 5.97 Å². The summed E-state index contributed by atoms with van der Waals surface area (Å²) >= 11 is 0. The average Bonchev–Trinajstić information content (AvgIpc) is 2.86. The van der Waals surface area contributed by atoms with Crippen molar-refractivity contribution in [2.45, 2.75) is 19.3 Å². The lowest BCUT2D eigenvalue weighted by Gasteiger charge is -2.07. The number of ether oxygens (including phenoxy) is 3. The van der Waals surface area contributed by atoms with E-state index in [1.807, 2.05) is 24.3 Å². The Morgan fingerprint density at radius 2 is 1.89 bits per heavy atom. The minimum absolute atomic E-state index is 0.235. The quantitative estimate of drug-likeness (QED) is 0.607. The first-order chi connectivity index (χ1) is 13.2. The number of fused-ring (bicyclic) bond motifs is 1. The van der Waals surface area contributed by atoms with E-state index >= 15 is 0 Å². The van der Waals surface area contributed by atoms with Crippen LogP contribution in [0.25, 0.3) is 6.08 Å². The van der Waals surface area contributed by atoms with Crippen LogP contribution in [0, 0.1) is 5.82 Å². The van der Waals surface area contributed by atoms with Crippen LogP contribution in [0.5, 0.6) is 11.5 Å². The predicted octanol–water partition coefficient (Wildman–Crippen LogP) is 3.92. The number of aliphatic imine (C=N–C) groups is 1. The number of nitrogens with zero attached hydrogens (tertiary/aromatic N) is 1. The van der Waals surface area contributed by atoms with Gasteiger partial charge in [-0.15, -0.1) is 0 Å². The molecule has 0 aliphatic carbocycles. The lowest BCUT2D eigenvalue weighted by molar-refractivity contribution is -0.130. The molecular weight excluding hydrogens is 349 g/mol. The molecule has 27 heavy (non-hydrogen) atoms. The Kier molecular flexibility index (Phi) is 4.87. The minimum atomic E-state index is -0.489. The van der Waals surface area contributed by atoms with E-state index in [9.17, 15) is 9.18 Å². The third-order valence-corrected chi connectivity index (χ3v) is 4.26. The van der Waals surface area contributed by atoms with E-state index in [4.69, 9.17) is 14.2 Å². The van der Waals surface area contributed by atoms with Gasteiger partial charge in [-0.05, 0) is 47.9 Å². The van der Waals surface area contributed by atoms with E-state index in [0.29, 0.717) is 43.5 Å². The van der Waals surface area contributed by atoms with Crippen molar-refractivity contribution in [1.82, 2.24) is 0 Å². The molecule has 2 aliphatic heterocycles. The van der Waals surface area contributed by atoms with Gasteiger partial charge in [-0.25, -0.2) is 14.2 Å². The van der Waals surface area contributed by atoms with E-state index in [1.54, 1.807) is 12.1 Å². The predicted molar refractivity (Wildman–Crippen MR) is 98.3 cm³/mol. The molecule has 138 valence electrons. The van der Waals surface area contributed by atoms with Gasteiger partial charge in [-0.1, -0.05) is 18.2 Å². The lowest BCUT2D eigenvalue weighted by Crippen LogP contribution is -2.05. The molecule has 4 rings (SSSR count). The fourth-order valence-electron chi connectivity index (χ4n) is 2.93. The summed E-state index contributed by atoms with van der Waals surface area (Å²) in [5, 5.41) is 0. The molecule has 2 aliphatic rings. The van der Waals surface area contributed by atoms with Gasteiger partial charge in [0.05, 0.1) is 13.2 Å². The first-order valence-electron chi connectivity index (χ1n) is 8.83. The van der Waals surface area contributed by atoms with Gasteiger partial charge in [0.25, 0.3) is 0 Å². The van der Waals surface area contributed by atoms with Crippen molar-refractivity contribution >= 4 is 17.9 Å². The average molecular weight is 367 g/mol. The molecule has 2 heterocycles. The van der Waals surface area contributed by atoms with Gasteiger partial charge in [0, 0.05) is 12.8 Å². The number of rotatable bonds is 4. The normalized spacial score (nSPS) is 17.4. The lowest BCUT2D eigenvalue weighted by atomic mass is 10.1. The molecule has 0 unspecified atom stereocenters. The number of carbonyl (C=O) groups excluding carboxylic acids is 1. The highest BCUT2D eigenvalue weighted by molar-refractivity contribution is 6.07. The van der Waals surface area contributed by atoms with Crippen molar-refractivity contribution in [2.24, 2.45) is 4.99 Å². The number of benzene rings is 2. The van der Waals surface area contributed by atoms with Crippen molar-refractivity contribution in [3.63, 3.8) is 0 Å². The molecule has 0 saturated heterocycles. The van der Waals surface area contributed by atoms with Crippen LogP contribution in [0.4, 0.5) is 4.39 Å². The third kappa shape index (κ3) is 4.16. The Bertz CT molecular complexity index is 936. The molecule has 0 aromatic heterocycles. The molecular formula is C21H18FNO4. The zero-order chi connectivity index (χ0) is 18.6.